The standard InChI is InChI=1S/C14H20N2O.HI/c1-5-15-11(4)16(6-2)14-9-12(10(3)17)7-8-13(14)15;/h7-9,11H,5-6H2,1-4H3;1H. The first-order valence-corrected chi connectivity index (χ1v) is 6.28. The molecule has 0 spiro atoms. The van der Waals surface area contributed by atoms with Gasteiger partial charge in [-0.3, -0.25) is 4.79 Å². The molecule has 1 unspecified atom stereocenters. The molecule has 0 bridgehead atoms. The third kappa shape index (κ3) is 2.35. The van der Waals surface area contributed by atoms with Crippen LogP contribution in [0.1, 0.15) is 38.1 Å². The number of rotatable bonds is 3. The SMILES string of the molecule is CCN1c2ccc(C(C)=O)cc2N(CC)C1C.I. The molecule has 4 heteroatoms. The predicted octanol–water partition coefficient (Wildman–Crippen LogP) is 3.52. The number of benzene rings is 1. The van der Waals surface area contributed by atoms with Crippen molar-refractivity contribution >= 4 is 41.1 Å². The molecule has 1 heterocycles. The van der Waals surface area contributed by atoms with Crippen molar-refractivity contribution in [3.8, 4) is 0 Å². The van der Waals surface area contributed by atoms with Crippen LogP contribution in [0.25, 0.3) is 0 Å². The van der Waals surface area contributed by atoms with Crippen LogP contribution in [0.15, 0.2) is 18.2 Å². The highest BCUT2D eigenvalue weighted by atomic mass is 127. The van der Waals surface area contributed by atoms with Crippen LogP contribution in [0.4, 0.5) is 11.4 Å². The van der Waals surface area contributed by atoms with E-state index in [0.717, 1.165) is 18.7 Å². The maximum absolute atomic E-state index is 11.4. The Hall–Kier alpha value is -0.780. The second kappa shape index (κ2) is 5.91. The smallest absolute Gasteiger partial charge is 0.159 e. The quantitative estimate of drug-likeness (QED) is 0.609. The van der Waals surface area contributed by atoms with E-state index in [1.54, 1.807) is 6.92 Å². The van der Waals surface area contributed by atoms with Gasteiger partial charge in [0.1, 0.15) is 0 Å². The van der Waals surface area contributed by atoms with Crippen LogP contribution < -0.4 is 9.80 Å². The lowest BCUT2D eigenvalue weighted by molar-refractivity contribution is 0.101. The molecule has 0 radical (unpaired) electrons. The van der Waals surface area contributed by atoms with Crippen molar-refractivity contribution in [2.24, 2.45) is 0 Å². The first-order chi connectivity index (χ1) is 8.10. The van der Waals surface area contributed by atoms with Gasteiger partial charge in [-0.25, -0.2) is 0 Å². The van der Waals surface area contributed by atoms with E-state index >= 15 is 0 Å². The number of ketones is 1. The largest absolute Gasteiger partial charge is 0.350 e. The molecule has 1 atom stereocenters. The molecule has 0 N–H and O–H groups in total. The van der Waals surface area contributed by atoms with E-state index < -0.39 is 0 Å². The second-order valence-corrected chi connectivity index (χ2v) is 4.46. The molecular weight excluding hydrogens is 339 g/mol. The topological polar surface area (TPSA) is 23.6 Å². The Morgan fingerprint density at radius 1 is 1.17 bits per heavy atom. The molecule has 0 aromatic heterocycles. The summed E-state index contributed by atoms with van der Waals surface area (Å²) in [6.07, 6.45) is 0.377. The molecule has 1 aromatic carbocycles. The van der Waals surface area contributed by atoms with Crippen molar-refractivity contribution in [1.82, 2.24) is 0 Å². The van der Waals surface area contributed by atoms with Gasteiger partial charge in [0, 0.05) is 18.7 Å². The maximum Gasteiger partial charge on any atom is 0.159 e. The van der Waals surface area contributed by atoms with E-state index in [-0.39, 0.29) is 29.8 Å². The minimum Gasteiger partial charge on any atom is -0.350 e. The molecule has 1 aliphatic heterocycles. The van der Waals surface area contributed by atoms with Crippen LogP contribution in [0.5, 0.6) is 0 Å². The van der Waals surface area contributed by atoms with Gasteiger partial charge in [-0.2, -0.15) is 0 Å². The Bertz CT molecular complexity index is 447. The molecule has 0 saturated carbocycles. The Morgan fingerprint density at radius 3 is 2.22 bits per heavy atom. The van der Waals surface area contributed by atoms with E-state index in [2.05, 4.69) is 36.6 Å². The summed E-state index contributed by atoms with van der Waals surface area (Å²) in [5.74, 6) is 0.131. The molecule has 18 heavy (non-hydrogen) atoms. The Labute approximate surface area is 126 Å². The van der Waals surface area contributed by atoms with Crippen LogP contribution in [0.3, 0.4) is 0 Å². The summed E-state index contributed by atoms with van der Waals surface area (Å²) in [4.78, 5) is 16.1. The zero-order chi connectivity index (χ0) is 12.6. The summed E-state index contributed by atoms with van der Waals surface area (Å²) in [6, 6.07) is 6.02. The minimum absolute atomic E-state index is 0. The van der Waals surface area contributed by atoms with Crippen LogP contribution in [-0.2, 0) is 0 Å². The van der Waals surface area contributed by atoms with Crippen LogP contribution >= 0.6 is 24.0 Å². The zero-order valence-electron chi connectivity index (χ0n) is 11.4. The number of hydrogen-bond donors (Lipinski definition) is 0. The third-order valence-electron chi connectivity index (χ3n) is 3.58. The number of hydrogen-bond acceptors (Lipinski definition) is 3. The van der Waals surface area contributed by atoms with E-state index in [4.69, 9.17) is 0 Å². The van der Waals surface area contributed by atoms with Crippen molar-refractivity contribution in [2.75, 3.05) is 22.9 Å². The van der Waals surface area contributed by atoms with Gasteiger partial charge in [0.05, 0.1) is 17.5 Å². The lowest BCUT2D eigenvalue weighted by Gasteiger charge is -2.28. The molecule has 1 aliphatic rings. The predicted molar refractivity (Wildman–Crippen MR) is 87.4 cm³/mol. The first kappa shape index (κ1) is 15.3. The van der Waals surface area contributed by atoms with E-state index in [1.165, 1.54) is 11.4 Å². The maximum atomic E-state index is 11.4. The van der Waals surface area contributed by atoms with E-state index in [1.807, 2.05) is 12.1 Å². The Balaban J connectivity index is 0.00000162. The number of carbonyl (C=O) groups is 1. The molecule has 0 aliphatic carbocycles. The van der Waals surface area contributed by atoms with E-state index in [9.17, 15) is 4.79 Å². The summed E-state index contributed by atoms with van der Waals surface area (Å²) in [5, 5.41) is 0. The summed E-state index contributed by atoms with van der Waals surface area (Å²) >= 11 is 0. The number of halogens is 1. The molecule has 2 rings (SSSR count). The van der Waals surface area contributed by atoms with Gasteiger partial charge in [-0.15, -0.1) is 24.0 Å². The Kier molecular flexibility index (Phi) is 5.01. The molecule has 0 amide bonds. The van der Waals surface area contributed by atoms with Crippen LogP contribution in [0, 0.1) is 0 Å². The average molecular weight is 360 g/mol. The van der Waals surface area contributed by atoms with Gasteiger partial charge in [-0.05, 0) is 45.9 Å². The molecule has 100 valence electrons. The minimum atomic E-state index is 0. The first-order valence-electron chi connectivity index (χ1n) is 6.28. The van der Waals surface area contributed by atoms with Gasteiger partial charge in [0.2, 0.25) is 0 Å². The zero-order valence-corrected chi connectivity index (χ0v) is 13.8. The highest BCUT2D eigenvalue weighted by Gasteiger charge is 2.30. The number of carbonyl (C=O) groups excluding carboxylic acids is 1. The van der Waals surface area contributed by atoms with Crippen molar-refractivity contribution in [3.05, 3.63) is 23.8 Å². The van der Waals surface area contributed by atoms with Crippen molar-refractivity contribution in [2.45, 2.75) is 33.9 Å². The van der Waals surface area contributed by atoms with Gasteiger partial charge in [-0.1, -0.05) is 0 Å². The third-order valence-corrected chi connectivity index (χ3v) is 3.58. The summed E-state index contributed by atoms with van der Waals surface area (Å²) < 4.78 is 0. The van der Waals surface area contributed by atoms with Gasteiger partial charge in [0.25, 0.3) is 0 Å². The highest BCUT2D eigenvalue weighted by molar-refractivity contribution is 14.0. The van der Waals surface area contributed by atoms with E-state index in [0.29, 0.717) is 6.17 Å². The van der Waals surface area contributed by atoms with Gasteiger partial charge < -0.3 is 9.80 Å². The second-order valence-electron chi connectivity index (χ2n) is 4.46. The lowest BCUT2D eigenvalue weighted by Crippen LogP contribution is -2.40. The number of anilines is 2. The number of Topliss-reactive ketones (excluding diaryl/α,β-unsaturated/α-hetero) is 1. The monoisotopic (exact) mass is 360 g/mol. The van der Waals surface area contributed by atoms with Gasteiger partial charge in [0.15, 0.2) is 5.78 Å². The summed E-state index contributed by atoms with van der Waals surface area (Å²) in [7, 11) is 0. The number of nitrogens with zero attached hydrogens (tertiary/aromatic N) is 2. The average Bonchev–Trinajstić information content (AvgIpc) is 2.58. The molecule has 0 fully saturated rings. The van der Waals surface area contributed by atoms with Crippen molar-refractivity contribution < 1.29 is 4.79 Å². The number of fused-ring (bicyclic) bond motifs is 1. The van der Waals surface area contributed by atoms with Crippen molar-refractivity contribution in [3.63, 3.8) is 0 Å². The molecule has 0 saturated heterocycles. The molecule has 3 nitrogen and oxygen atoms in total. The fourth-order valence-corrected chi connectivity index (χ4v) is 2.66. The highest BCUT2D eigenvalue weighted by Crippen LogP contribution is 2.39. The normalized spacial score (nSPS) is 17.4. The van der Waals surface area contributed by atoms with Crippen molar-refractivity contribution in [1.29, 1.82) is 0 Å². The van der Waals surface area contributed by atoms with Crippen LogP contribution in [0.2, 0.25) is 0 Å². The molecule has 1 aromatic rings. The molecular formula is C14H21IN2O. The fraction of sp³-hybridized carbons (Fsp3) is 0.500. The fourth-order valence-electron chi connectivity index (χ4n) is 2.66. The summed E-state index contributed by atoms with van der Waals surface area (Å²) in [5.41, 5.74) is 3.23. The summed E-state index contributed by atoms with van der Waals surface area (Å²) in [6.45, 7) is 10.1. The Morgan fingerprint density at radius 2 is 1.72 bits per heavy atom. The van der Waals surface area contributed by atoms with Crippen LogP contribution in [-0.4, -0.2) is 25.0 Å². The van der Waals surface area contributed by atoms with Gasteiger partial charge >= 0.3 is 0 Å². The lowest BCUT2D eigenvalue weighted by atomic mass is 10.1.